The normalized spacial score (nSPS) is 12.4. The van der Waals surface area contributed by atoms with Crippen LogP contribution in [0.5, 0.6) is 0 Å². The molecule has 0 radical (unpaired) electrons. The molecule has 0 aliphatic heterocycles. The third-order valence-electron chi connectivity index (χ3n) is 3.46. The third-order valence-corrected chi connectivity index (χ3v) is 3.87. The summed E-state index contributed by atoms with van der Waals surface area (Å²) in [7, 11) is 0. The minimum Gasteiger partial charge on any atom is -0.310 e. The van der Waals surface area contributed by atoms with Gasteiger partial charge in [0, 0.05) is 23.2 Å². The Labute approximate surface area is 128 Å². The van der Waals surface area contributed by atoms with Crippen LogP contribution in [0.25, 0.3) is 0 Å². The predicted molar refractivity (Wildman–Crippen MR) is 82.6 cm³/mol. The van der Waals surface area contributed by atoms with Crippen molar-refractivity contribution in [2.45, 2.75) is 32.9 Å². The first-order valence-electron chi connectivity index (χ1n) is 6.88. The van der Waals surface area contributed by atoms with Gasteiger partial charge in [0.05, 0.1) is 0 Å². The molecule has 112 valence electrons. The molecule has 1 nitrogen and oxygen atoms in total. The zero-order chi connectivity index (χ0) is 15.4. The second-order valence-corrected chi connectivity index (χ2v) is 5.68. The van der Waals surface area contributed by atoms with E-state index in [-0.39, 0.29) is 11.6 Å². The minimum absolute atomic E-state index is 0.0449. The van der Waals surface area contributed by atoms with Crippen LogP contribution in [0.2, 0.25) is 5.02 Å². The van der Waals surface area contributed by atoms with E-state index in [9.17, 15) is 8.78 Å². The molecular weight excluding hydrogens is 292 g/mol. The molecule has 2 rings (SSSR count). The lowest BCUT2D eigenvalue weighted by Crippen LogP contribution is -2.28. The second kappa shape index (κ2) is 7.01. The molecule has 1 unspecified atom stereocenters. The summed E-state index contributed by atoms with van der Waals surface area (Å²) in [5, 5.41) is 3.98. The van der Waals surface area contributed by atoms with Crippen LogP contribution in [0.15, 0.2) is 36.4 Å². The molecule has 0 bridgehead atoms. The van der Waals surface area contributed by atoms with Crippen molar-refractivity contribution >= 4 is 11.6 Å². The highest BCUT2D eigenvalue weighted by molar-refractivity contribution is 6.31. The van der Waals surface area contributed by atoms with Crippen LogP contribution in [-0.4, -0.2) is 6.04 Å². The summed E-state index contributed by atoms with van der Waals surface area (Å²) in [5.41, 5.74) is 2.20. The van der Waals surface area contributed by atoms with Crippen molar-refractivity contribution in [3.63, 3.8) is 0 Å². The standard InChI is InChI=1S/C17H18ClF2N/c1-11-6-7-13(9-15(11)18)10-21-12(2)8-14-16(19)4-3-5-17(14)20/h3-7,9,12,21H,8,10H2,1-2H3. The van der Waals surface area contributed by atoms with E-state index < -0.39 is 11.6 Å². The van der Waals surface area contributed by atoms with E-state index >= 15 is 0 Å². The van der Waals surface area contributed by atoms with Gasteiger partial charge in [0.1, 0.15) is 11.6 Å². The highest BCUT2D eigenvalue weighted by atomic mass is 35.5. The van der Waals surface area contributed by atoms with E-state index in [0.29, 0.717) is 13.0 Å². The number of halogens is 3. The van der Waals surface area contributed by atoms with Crippen LogP contribution in [0.4, 0.5) is 8.78 Å². The molecule has 1 N–H and O–H groups in total. The fourth-order valence-electron chi connectivity index (χ4n) is 2.14. The summed E-state index contributed by atoms with van der Waals surface area (Å²) in [6.07, 6.45) is 0.304. The molecule has 0 heterocycles. The molecule has 0 spiro atoms. The number of nitrogens with one attached hydrogen (secondary N) is 1. The van der Waals surface area contributed by atoms with Crippen molar-refractivity contribution in [2.24, 2.45) is 0 Å². The summed E-state index contributed by atoms with van der Waals surface area (Å²) in [6, 6.07) is 9.75. The van der Waals surface area contributed by atoms with Crippen molar-refractivity contribution in [1.29, 1.82) is 0 Å². The lowest BCUT2D eigenvalue weighted by Gasteiger charge is -2.15. The largest absolute Gasteiger partial charge is 0.310 e. The maximum absolute atomic E-state index is 13.6. The SMILES string of the molecule is Cc1ccc(CNC(C)Cc2c(F)cccc2F)cc1Cl. The van der Waals surface area contributed by atoms with Crippen LogP contribution < -0.4 is 5.32 Å². The Morgan fingerprint density at radius 2 is 1.81 bits per heavy atom. The molecule has 0 amide bonds. The third kappa shape index (κ3) is 4.26. The second-order valence-electron chi connectivity index (χ2n) is 5.27. The van der Waals surface area contributed by atoms with Crippen molar-refractivity contribution in [1.82, 2.24) is 5.32 Å². The van der Waals surface area contributed by atoms with Crippen molar-refractivity contribution in [3.8, 4) is 0 Å². The molecule has 21 heavy (non-hydrogen) atoms. The number of rotatable bonds is 5. The Bertz CT molecular complexity index is 608. The van der Waals surface area contributed by atoms with E-state index in [1.165, 1.54) is 18.2 Å². The molecule has 2 aromatic carbocycles. The molecule has 0 saturated carbocycles. The van der Waals surface area contributed by atoms with Crippen LogP contribution in [0.3, 0.4) is 0 Å². The highest BCUT2D eigenvalue weighted by Crippen LogP contribution is 2.17. The summed E-state index contributed by atoms with van der Waals surface area (Å²) >= 11 is 6.07. The van der Waals surface area contributed by atoms with Crippen LogP contribution in [0, 0.1) is 18.6 Å². The molecule has 0 saturated heterocycles. The molecule has 0 aliphatic rings. The maximum Gasteiger partial charge on any atom is 0.129 e. The Balaban J connectivity index is 1.96. The maximum atomic E-state index is 13.6. The number of hydrogen-bond donors (Lipinski definition) is 1. The van der Waals surface area contributed by atoms with Crippen LogP contribution >= 0.6 is 11.6 Å². The summed E-state index contributed by atoms with van der Waals surface area (Å²) in [4.78, 5) is 0. The first kappa shape index (κ1) is 15.9. The first-order chi connectivity index (χ1) is 9.97. The van der Waals surface area contributed by atoms with Gasteiger partial charge < -0.3 is 5.32 Å². The lowest BCUT2D eigenvalue weighted by atomic mass is 10.1. The van der Waals surface area contributed by atoms with E-state index in [2.05, 4.69) is 5.32 Å². The monoisotopic (exact) mass is 309 g/mol. The molecule has 0 aromatic heterocycles. The number of hydrogen-bond acceptors (Lipinski definition) is 1. The fraction of sp³-hybridized carbons (Fsp3) is 0.294. The molecule has 1 atom stereocenters. The van der Waals surface area contributed by atoms with Gasteiger partial charge in [0.15, 0.2) is 0 Å². The van der Waals surface area contributed by atoms with Gasteiger partial charge in [-0.05, 0) is 49.6 Å². The highest BCUT2D eigenvalue weighted by Gasteiger charge is 2.12. The molecular formula is C17H18ClF2N. The van der Waals surface area contributed by atoms with Gasteiger partial charge in [0.2, 0.25) is 0 Å². The lowest BCUT2D eigenvalue weighted by molar-refractivity contribution is 0.499. The Hall–Kier alpha value is -1.45. The summed E-state index contributed by atoms with van der Waals surface area (Å²) in [6.45, 7) is 4.46. The van der Waals surface area contributed by atoms with Gasteiger partial charge in [-0.25, -0.2) is 8.78 Å². The van der Waals surface area contributed by atoms with Crippen molar-refractivity contribution in [2.75, 3.05) is 0 Å². The Morgan fingerprint density at radius 3 is 2.43 bits per heavy atom. The van der Waals surface area contributed by atoms with E-state index in [1.807, 2.05) is 32.0 Å². The molecule has 0 aliphatic carbocycles. The van der Waals surface area contributed by atoms with Gasteiger partial charge in [-0.3, -0.25) is 0 Å². The Kier molecular flexibility index (Phi) is 5.32. The van der Waals surface area contributed by atoms with E-state index in [0.717, 1.165) is 16.1 Å². The minimum atomic E-state index is -0.498. The van der Waals surface area contributed by atoms with Gasteiger partial charge in [-0.2, -0.15) is 0 Å². The average Bonchev–Trinajstić information content (AvgIpc) is 2.44. The van der Waals surface area contributed by atoms with Gasteiger partial charge in [-0.1, -0.05) is 29.8 Å². The number of benzene rings is 2. The molecule has 2 aromatic rings. The summed E-state index contributed by atoms with van der Waals surface area (Å²) < 4.78 is 27.2. The first-order valence-corrected chi connectivity index (χ1v) is 7.26. The predicted octanol–water partition coefficient (Wildman–Crippen LogP) is 4.65. The van der Waals surface area contributed by atoms with Gasteiger partial charge in [-0.15, -0.1) is 0 Å². The Morgan fingerprint density at radius 1 is 1.14 bits per heavy atom. The zero-order valence-electron chi connectivity index (χ0n) is 12.1. The van der Waals surface area contributed by atoms with Crippen molar-refractivity contribution in [3.05, 3.63) is 69.7 Å². The molecule has 0 fully saturated rings. The smallest absolute Gasteiger partial charge is 0.129 e. The fourth-order valence-corrected chi connectivity index (χ4v) is 2.35. The van der Waals surface area contributed by atoms with E-state index in [4.69, 9.17) is 11.6 Å². The summed E-state index contributed by atoms with van der Waals surface area (Å²) in [5.74, 6) is -0.996. The number of aryl methyl sites for hydroxylation is 1. The van der Waals surface area contributed by atoms with Gasteiger partial charge in [0.25, 0.3) is 0 Å². The zero-order valence-corrected chi connectivity index (χ0v) is 12.8. The topological polar surface area (TPSA) is 12.0 Å². The average molecular weight is 310 g/mol. The van der Waals surface area contributed by atoms with E-state index in [1.54, 1.807) is 0 Å². The quantitative estimate of drug-likeness (QED) is 0.848. The van der Waals surface area contributed by atoms with Crippen LogP contribution in [-0.2, 0) is 13.0 Å². The van der Waals surface area contributed by atoms with Crippen LogP contribution in [0.1, 0.15) is 23.6 Å². The van der Waals surface area contributed by atoms with Crippen molar-refractivity contribution < 1.29 is 8.78 Å². The molecule has 4 heteroatoms. The van der Waals surface area contributed by atoms with Gasteiger partial charge >= 0.3 is 0 Å².